The van der Waals surface area contributed by atoms with Gasteiger partial charge in [-0.25, -0.2) is 0 Å². The lowest BCUT2D eigenvalue weighted by atomic mass is 10.2. The normalized spacial score (nSPS) is 9.27. The van der Waals surface area contributed by atoms with Gasteiger partial charge in [0.2, 0.25) is 5.39 Å². The quantitative estimate of drug-likeness (QED) is 0.449. The molecule has 0 heterocycles. The molecule has 0 aromatic heterocycles. The number of hydrogen-bond donors (Lipinski definition) is 1. The van der Waals surface area contributed by atoms with Gasteiger partial charge in [-0.2, -0.15) is 0 Å². The number of phenolic OH excluding ortho intramolecular Hbond substituents is 1. The summed E-state index contributed by atoms with van der Waals surface area (Å²) in [5.74, 6) is -1.07. The van der Waals surface area contributed by atoms with Crippen molar-refractivity contribution in [2.75, 3.05) is 0 Å². The Hall–Kier alpha value is -2.76. The molecule has 0 saturated carbocycles. The highest BCUT2D eigenvalue weighted by Gasteiger charge is 2.30. The van der Waals surface area contributed by atoms with Crippen LogP contribution in [0.3, 0.4) is 0 Å². The van der Waals surface area contributed by atoms with E-state index in [9.17, 15) is 20.2 Å². The van der Waals surface area contributed by atoms with Crippen LogP contribution >= 0.6 is 0 Å². The summed E-state index contributed by atoms with van der Waals surface area (Å²) in [6, 6.07) is 1.42. The standard InChI is InChI=1S/C6H2N4O5/c7-8-3-1-4(9(12)13)6(11)5(2-3)10(14)15/h1-2H/p+1. The molecule has 9 heteroatoms. The number of rotatable bonds is 2. The molecular weight excluding hydrogens is 208 g/mol. The first-order valence-electron chi connectivity index (χ1n) is 3.48. The second kappa shape index (κ2) is 3.54. The van der Waals surface area contributed by atoms with Crippen molar-refractivity contribution in [3.05, 3.63) is 37.3 Å². The molecule has 1 aromatic carbocycles. The number of nitrogens with zero attached hydrogens (tertiary/aromatic N) is 4. The summed E-state index contributed by atoms with van der Waals surface area (Å²) in [5, 5.41) is 38.2. The topological polar surface area (TPSA) is 135 Å². The van der Waals surface area contributed by atoms with Crippen molar-refractivity contribution in [2.45, 2.75) is 0 Å². The molecule has 0 amide bonds. The van der Waals surface area contributed by atoms with Gasteiger partial charge in [-0.3, -0.25) is 20.2 Å². The van der Waals surface area contributed by atoms with Crippen LogP contribution in [0.2, 0.25) is 0 Å². The van der Waals surface area contributed by atoms with E-state index in [0.717, 1.165) is 0 Å². The van der Waals surface area contributed by atoms with E-state index >= 15 is 0 Å². The van der Waals surface area contributed by atoms with E-state index in [-0.39, 0.29) is 5.69 Å². The van der Waals surface area contributed by atoms with Gasteiger partial charge in [0.1, 0.15) is 12.1 Å². The molecule has 1 aromatic rings. The van der Waals surface area contributed by atoms with Crippen LogP contribution in [-0.4, -0.2) is 15.0 Å². The minimum atomic E-state index is -1.07. The molecule has 15 heavy (non-hydrogen) atoms. The lowest BCUT2D eigenvalue weighted by Crippen LogP contribution is -1.93. The summed E-state index contributed by atoms with van der Waals surface area (Å²) in [5.41, 5.74) is -2.17. The molecule has 0 spiro atoms. The minimum absolute atomic E-state index is 0.383. The van der Waals surface area contributed by atoms with Crippen molar-refractivity contribution in [3.8, 4) is 5.75 Å². The predicted molar refractivity (Wildman–Crippen MR) is 46.2 cm³/mol. The van der Waals surface area contributed by atoms with Gasteiger partial charge in [0.05, 0.1) is 9.85 Å². The van der Waals surface area contributed by atoms with Crippen LogP contribution in [0.25, 0.3) is 4.98 Å². The Kier molecular flexibility index (Phi) is 2.44. The molecule has 0 aliphatic rings. The zero-order valence-electron chi connectivity index (χ0n) is 7.02. The predicted octanol–water partition coefficient (Wildman–Crippen LogP) is 1.69. The molecule has 0 fully saturated rings. The number of nitro benzene ring substituents is 2. The van der Waals surface area contributed by atoms with Crippen LogP contribution in [-0.2, 0) is 0 Å². The maximum Gasteiger partial charge on any atom is 0.399 e. The van der Waals surface area contributed by atoms with E-state index in [4.69, 9.17) is 10.5 Å². The summed E-state index contributed by atoms with van der Waals surface area (Å²) in [7, 11) is 0. The fraction of sp³-hybridized carbons (Fsp3) is 0. The molecule has 0 aliphatic carbocycles. The Bertz CT molecular complexity index is 456. The molecule has 1 rings (SSSR count). The summed E-state index contributed by atoms with van der Waals surface area (Å²) < 4.78 is 0. The highest BCUT2D eigenvalue weighted by atomic mass is 16.6. The van der Waals surface area contributed by atoms with E-state index in [1.165, 1.54) is 0 Å². The highest BCUT2D eigenvalue weighted by molar-refractivity contribution is 5.68. The average Bonchev–Trinajstić information content (AvgIpc) is 2.17. The third-order valence-corrected chi connectivity index (χ3v) is 1.56. The smallest absolute Gasteiger partial charge is 0.399 e. The number of phenols is 1. The molecule has 0 bridgehead atoms. The zero-order valence-corrected chi connectivity index (χ0v) is 7.02. The van der Waals surface area contributed by atoms with Crippen LogP contribution in [0.1, 0.15) is 0 Å². The van der Waals surface area contributed by atoms with E-state index in [2.05, 4.69) is 4.98 Å². The molecule has 0 saturated heterocycles. The van der Waals surface area contributed by atoms with Crippen LogP contribution in [0.4, 0.5) is 17.1 Å². The van der Waals surface area contributed by atoms with Crippen LogP contribution < -0.4 is 0 Å². The SMILES string of the molecule is N#[N+]c1cc([N+](=O)[O-])c(O)c([N+](=O)[O-])c1. The fourth-order valence-corrected chi connectivity index (χ4v) is 0.926. The fourth-order valence-electron chi connectivity index (χ4n) is 0.926. The van der Waals surface area contributed by atoms with Crippen molar-refractivity contribution >= 4 is 17.1 Å². The number of hydrogen-bond acceptors (Lipinski definition) is 6. The molecule has 0 atom stereocenters. The third kappa shape index (κ3) is 1.78. The van der Waals surface area contributed by atoms with Gasteiger partial charge in [0.15, 0.2) is 4.98 Å². The van der Waals surface area contributed by atoms with Gasteiger partial charge in [-0.15, -0.1) is 0 Å². The molecule has 0 radical (unpaired) electrons. The van der Waals surface area contributed by atoms with E-state index in [1.54, 1.807) is 0 Å². The van der Waals surface area contributed by atoms with Gasteiger partial charge in [-0.05, 0) is 0 Å². The second-order valence-corrected chi connectivity index (χ2v) is 2.45. The first-order chi connectivity index (χ1) is 6.97. The average molecular weight is 211 g/mol. The summed E-state index contributed by atoms with van der Waals surface area (Å²) >= 11 is 0. The number of nitro groups is 2. The number of diazo groups is 1. The monoisotopic (exact) mass is 211 g/mol. The van der Waals surface area contributed by atoms with E-state index in [0.29, 0.717) is 12.1 Å². The third-order valence-electron chi connectivity index (χ3n) is 1.56. The Morgan fingerprint density at radius 2 is 1.60 bits per heavy atom. The van der Waals surface area contributed by atoms with Crippen molar-refractivity contribution in [1.29, 1.82) is 5.39 Å². The number of aromatic hydroxyl groups is 1. The first-order valence-corrected chi connectivity index (χ1v) is 3.48. The number of benzene rings is 1. The molecule has 0 aliphatic heterocycles. The van der Waals surface area contributed by atoms with Gasteiger partial charge >= 0.3 is 17.1 Å². The van der Waals surface area contributed by atoms with Gasteiger partial charge in [0.25, 0.3) is 5.75 Å². The first kappa shape index (κ1) is 10.3. The van der Waals surface area contributed by atoms with Crippen molar-refractivity contribution in [1.82, 2.24) is 0 Å². The largest absolute Gasteiger partial charge is 0.497 e. The molecule has 1 N–H and O–H groups in total. The van der Waals surface area contributed by atoms with Crippen LogP contribution in [0.5, 0.6) is 5.75 Å². The van der Waals surface area contributed by atoms with Crippen molar-refractivity contribution in [2.24, 2.45) is 0 Å². The minimum Gasteiger partial charge on any atom is -0.497 e. The summed E-state index contributed by atoms with van der Waals surface area (Å²) in [4.78, 5) is 21.3. The second-order valence-electron chi connectivity index (χ2n) is 2.45. The van der Waals surface area contributed by atoms with Crippen LogP contribution in [0, 0.1) is 25.6 Å². The van der Waals surface area contributed by atoms with Gasteiger partial charge in [0, 0.05) is 0 Å². The zero-order chi connectivity index (χ0) is 11.6. The molecule has 9 nitrogen and oxygen atoms in total. The Labute approximate surface area is 81.5 Å². The Morgan fingerprint density at radius 3 is 1.87 bits per heavy atom. The van der Waals surface area contributed by atoms with Crippen molar-refractivity contribution in [3.63, 3.8) is 0 Å². The molecular formula is C6H3N4O5+. The highest BCUT2D eigenvalue weighted by Crippen LogP contribution is 2.39. The maximum atomic E-state index is 10.4. The summed E-state index contributed by atoms with van der Waals surface area (Å²) in [6.07, 6.45) is 0. The van der Waals surface area contributed by atoms with E-state index in [1.807, 2.05) is 0 Å². The van der Waals surface area contributed by atoms with Crippen molar-refractivity contribution < 1.29 is 15.0 Å². The Morgan fingerprint density at radius 1 is 1.20 bits per heavy atom. The lowest BCUT2D eigenvalue weighted by molar-refractivity contribution is -0.395. The lowest BCUT2D eigenvalue weighted by Gasteiger charge is -1.94. The van der Waals surface area contributed by atoms with E-state index < -0.39 is 27.0 Å². The summed E-state index contributed by atoms with van der Waals surface area (Å²) in [6.45, 7) is 0. The van der Waals surface area contributed by atoms with Gasteiger partial charge < -0.3 is 5.11 Å². The Balaban J connectivity index is 3.56. The maximum absolute atomic E-state index is 10.4. The molecule has 76 valence electrons. The van der Waals surface area contributed by atoms with Crippen LogP contribution in [0.15, 0.2) is 12.1 Å². The molecule has 0 unspecified atom stereocenters. The van der Waals surface area contributed by atoms with Gasteiger partial charge in [-0.1, -0.05) is 0 Å².